The van der Waals surface area contributed by atoms with Crippen LogP contribution in [0.15, 0.2) is 71.9 Å². The van der Waals surface area contributed by atoms with Crippen LogP contribution in [0.5, 0.6) is 0 Å². The van der Waals surface area contributed by atoms with Gasteiger partial charge in [0.05, 0.1) is 11.4 Å². The molecule has 0 saturated carbocycles. The molecule has 0 spiro atoms. The molecule has 0 aliphatic heterocycles. The van der Waals surface area contributed by atoms with Crippen molar-refractivity contribution in [3.63, 3.8) is 0 Å². The van der Waals surface area contributed by atoms with Gasteiger partial charge < -0.3 is 10.2 Å². The fourth-order valence-corrected chi connectivity index (χ4v) is 3.92. The lowest BCUT2D eigenvalue weighted by molar-refractivity contribution is 0.598. The van der Waals surface area contributed by atoms with Crippen molar-refractivity contribution in [1.29, 1.82) is 0 Å². The molecule has 3 rings (SSSR count). The zero-order valence-electron chi connectivity index (χ0n) is 15.6. The largest absolute Gasteiger partial charge is 0.358 e. The molecule has 156 valence electrons. The van der Waals surface area contributed by atoms with Crippen molar-refractivity contribution in [3.05, 3.63) is 88.2 Å². The van der Waals surface area contributed by atoms with E-state index in [1.807, 2.05) is 23.1 Å². The SMILES string of the molecule is NS(=O)(=O)c1ccc(N(Cc2ccc(Cl)cc2Cl)C(=S)NCc2ccncc2)cc1. The van der Waals surface area contributed by atoms with Gasteiger partial charge in [-0.25, -0.2) is 13.6 Å². The van der Waals surface area contributed by atoms with Gasteiger partial charge in [0, 0.05) is 34.7 Å². The molecule has 0 bridgehead atoms. The number of halogens is 2. The molecule has 10 heteroatoms. The number of primary sulfonamides is 1. The van der Waals surface area contributed by atoms with Crippen molar-refractivity contribution in [1.82, 2.24) is 10.3 Å². The summed E-state index contributed by atoms with van der Waals surface area (Å²) in [5, 5.41) is 9.89. The highest BCUT2D eigenvalue weighted by Gasteiger charge is 2.16. The van der Waals surface area contributed by atoms with Gasteiger partial charge >= 0.3 is 0 Å². The van der Waals surface area contributed by atoms with Crippen LogP contribution in [0.4, 0.5) is 5.69 Å². The van der Waals surface area contributed by atoms with Gasteiger partial charge in [-0.1, -0.05) is 29.3 Å². The van der Waals surface area contributed by atoms with Crippen molar-refractivity contribution in [2.45, 2.75) is 18.0 Å². The number of aromatic nitrogens is 1. The van der Waals surface area contributed by atoms with E-state index in [4.69, 9.17) is 40.6 Å². The van der Waals surface area contributed by atoms with Gasteiger partial charge in [-0.2, -0.15) is 0 Å². The summed E-state index contributed by atoms with van der Waals surface area (Å²) >= 11 is 18.0. The Morgan fingerprint density at radius 1 is 1.07 bits per heavy atom. The first-order valence-electron chi connectivity index (χ1n) is 8.75. The monoisotopic (exact) mass is 480 g/mol. The lowest BCUT2D eigenvalue weighted by Crippen LogP contribution is -2.39. The second-order valence-electron chi connectivity index (χ2n) is 6.37. The van der Waals surface area contributed by atoms with E-state index in [1.54, 1.807) is 36.7 Å². The average molecular weight is 481 g/mol. The van der Waals surface area contributed by atoms with Crippen molar-refractivity contribution in [3.8, 4) is 0 Å². The first kappa shape index (κ1) is 22.5. The Hall–Kier alpha value is -2.23. The molecule has 3 N–H and O–H groups in total. The van der Waals surface area contributed by atoms with Gasteiger partial charge in [0.2, 0.25) is 10.0 Å². The topological polar surface area (TPSA) is 88.3 Å². The molecule has 1 aromatic heterocycles. The Morgan fingerprint density at radius 3 is 2.33 bits per heavy atom. The molecule has 0 fully saturated rings. The fraction of sp³-hybridized carbons (Fsp3) is 0.100. The lowest BCUT2D eigenvalue weighted by Gasteiger charge is -2.27. The molecule has 0 aliphatic rings. The number of hydrogen-bond acceptors (Lipinski definition) is 4. The molecular weight excluding hydrogens is 463 g/mol. The summed E-state index contributed by atoms with van der Waals surface area (Å²) in [6, 6.07) is 15.2. The van der Waals surface area contributed by atoms with Gasteiger partial charge in [-0.05, 0) is 71.9 Å². The van der Waals surface area contributed by atoms with Crippen molar-refractivity contribution < 1.29 is 8.42 Å². The second kappa shape index (κ2) is 9.72. The predicted octanol–water partition coefficient (Wildman–Crippen LogP) is 4.12. The number of nitrogens with two attached hydrogens (primary N) is 1. The molecule has 0 unspecified atom stereocenters. The number of thiocarbonyl (C=S) groups is 1. The van der Waals surface area contributed by atoms with E-state index in [1.165, 1.54) is 12.1 Å². The normalized spacial score (nSPS) is 11.2. The van der Waals surface area contributed by atoms with Crippen LogP contribution in [0.1, 0.15) is 11.1 Å². The van der Waals surface area contributed by atoms with Crippen LogP contribution >= 0.6 is 35.4 Å². The molecule has 2 aromatic carbocycles. The zero-order chi connectivity index (χ0) is 21.7. The van der Waals surface area contributed by atoms with Gasteiger partial charge in [0.1, 0.15) is 0 Å². The third-order valence-electron chi connectivity index (χ3n) is 4.26. The van der Waals surface area contributed by atoms with Crippen LogP contribution in [0.3, 0.4) is 0 Å². The number of anilines is 1. The van der Waals surface area contributed by atoms with Gasteiger partial charge in [-0.15, -0.1) is 0 Å². The van der Waals surface area contributed by atoms with E-state index in [0.29, 0.717) is 33.9 Å². The zero-order valence-corrected chi connectivity index (χ0v) is 18.8. The molecule has 0 amide bonds. The van der Waals surface area contributed by atoms with Crippen LogP contribution in [0, 0.1) is 0 Å². The Kier molecular flexibility index (Phi) is 7.27. The van der Waals surface area contributed by atoms with Crippen molar-refractivity contribution in [2.75, 3.05) is 4.90 Å². The van der Waals surface area contributed by atoms with Gasteiger partial charge in [-0.3, -0.25) is 4.98 Å². The summed E-state index contributed by atoms with van der Waals surface area (Å²) in [5.74, 6) is 0. The highest BCUT2D eigenvalue weighted by molar-refractivity contribution is 7.89. The standard InChI is InChI=1S/C20H18Cl2N4O2S2/c21-16-2-1-15(19(22)11-16)13-26(17-3-5-18(6-4-17)30(23,27)28)20(29)25-12-14-7-9-24-10-8-14/h1-11H,12-13H2,(H,25,29)(H2,23,27,28). The first-order valence-corrected chi connectivity index (χ1v) is 11.5. The highest BCUT2D eigenvalue weighted by Crippen LogP contribution is 2.26. The maximum absolute atomic E-state index is 11.6. The summed E-state index contributed by atoms with van der Waals surface area (Å²) in [5.41, 5.74) is 2.51. The molecule has 0 aliphatic carbocycles. The maximum atomic E-state index is 11.6. The molecule has 1 heterocycles. The smallest absolute Gasteiger partial charge is 0.238 e. The second-order valence-corrected chi connectivity index (χ2v) is 9.17. The quantitative estimate of drug-likeness (QED) is 0.515. The van der Waals surface area contributed by atoms with E-state index in [0.717, 1.165) is 11.1 Å². The molecule has 0 radical (unpaired) electrons. The molecule has 6 nitrogen and oxygen atoms in total. The molecular formula is C20H18Cl2N4O2S2. The van der Waals surface area contributed by atoms with E-state index in [9.17, 15) is 8.42 Å². The Morgan fingerprint density at radius 2 is 1.73 bits per heavy atom. The number of pyridine rings is 1. The maximum Gasteiger partial charge on any atom is 0.238 e. The van der Waals surface area contributed by atoms with E-state index in [-0.39, 0.29) is 4.90 Å². The molecule has 3 aromatic rings. The summed E-state index contributed by atoms with van der Waals surface area (Å²) in [6.07, 6.45) is 3.41. The number of rotatable bonds is 6. The number of hydrogen-bond donors (Lipinski definition) is 2. The number of sulfonamides is 1. The fourth-order valence-electron chi connectivity index (χ4n) is 2.69. The highest BCUT2D eigenvalue weighted by atomic mass is 35.5. The Labute approximate surface area is 190 Å². The minimum atomic E-state index is -3.79. The van der Waals surface area contributed by atoms with Crippen molar-refractivity contribution in [2.24, 2.45) is 5.14 Å². The third-order valence-corrected chi connectivity index (χ3v) is 6.14. The van der Waals surface area contributed by atoms with Gasteiger partial charge in [0.15, 0.2) is 5.11 Å². The van der Waals surface area contributed by atoms with E-state index in [2.05, 4.69) is 10.3 Å². The van der Waals surface area contributed by atoms with Crippen LogP contribution in [-0.2, 0) is 23.1 Å². The first-order chi connectivity index (χ1) is 14.2. The molecule has 30 heavy (non-hydrogen) atoms. The minimum absolute atomic E-state index is 0.0198. The van der Waals surface area contributed by atoms with E-state index >= 15 is 0 Å². The van der Waals surface area contributed by atoms with Crippen LogP contribution in [-0.4, -0.2) is 18.5 Å². The van der Waals surface area contributed by atoms with E-state index < -0.39 is 10.0 Å². The summed E-state index contributed by atoms with van der Waals surface area (Å²) < 4.78 is 23.1. The number of nitrogens with one attached hydrogen (secondary N) is 1. The lowest BCUT2D eigenvalue weighted by atomic mass is 10.2. The minimum Gasteiger partial charge on any atom is -0.358 e. The van der Waals surface area contributed by atoms with Gasteiger partial charge in [0.25, 0.3) is 0 Å². The number of benzene rings is 2. The third kappa shape index (κ3) is 5.90. The number of nitrogens with zero attached hydrogens (tertiary/aromatic N) is 2. The Balaban J connectivity index is 1.88. The van der Waals surface area contributed by atoms with Crippen LogP contribution in [0.2, 0.25) is 10.0 Å². The Bertz CT molecular complexity index is 1140. The average Bonchev–Trinajstić information content (AvgIpc) is 2.72. The molecule has 0 saturated heterocycles. The predicted molar refractivity (Wildman–Crippen MR) is 124 cm³/mol. The van der Waals surface area contributed by atoms with Crippen LogP contribution in [0.25, 0.3) is 0 Å². The summed E-state index contributed by atoms with van der Waals surface area (Å²) in [4.78, 5) is 5.84. The van der Waals surface area contributed by atoms with Crippen molar-refractivity contribution >= 4 is 56.2 Å². The molecule has 0 atom stereocenters. The summed E-state index contributed by atoms with van der Waals surface area (Å²) in [7, 11) is -3.79. The summed E-state index contributed by atoms with van der Waals surface area (Å²) in [6.45, 7) is 0.856. The van der Waals surface area contributed by atoms with Crippen LogP contribution < -0.4 is 15.4 Å².